The van der Waals surface area contributed by atoms with Crippen LogP contribution in [0.15, 0.2) is 11.6 Å². The van der Waals surface area contributed by atoms with Crippen molar-refractivity contribution in [2.75, 3.05) is 6.61 Å². The van der Waals surface area contributed by atoms with Crippen molar-refractivity contribution >= 4 is 11.9 Å². The van der Waals surface area contributed by atoms with Crippen molar-refractivity contribution in [3.63, 3.8) is 0 Å². The number of aliphatic hydroxyl groups is 7. The predicted octanol–water partition coefficient (Wildman–Crippen LogP) is 1.50. The molecule has 0 spiro atoms. The Labute approximate surface area is 282 Å². The van der Waals surface area contributed by atoms with E-state index in [9.17, 15) is 50.4 Å². The molecule has 1 heterocycles. The van der Waals surface area contributed by atoms with Crippen molar-refractivity contribution in [3.05, 3.63) is 11.6 Å². The number of hydrogen-bond acceptors (Lipinski definition) is 11. The van der Waals surface area contributed by atoms with Crippen LogP contribution in [0.4, 0.5) is 0 Å². The fourth-order valence-corrected chi connectivity index (χ4v) is 12.3. The molecule has 1 aliphatic heterocycles. The van der Waals surface area contributed by atoms with Gasteiger partial charge < -0.3 is 50.3 Å². The van der Waals surface area contributed by atoms with Crippen molar-refractivity contribution in [2.45, 2.75) is 141 Å². The second-order valence-corrected chi connectivity index (χ2v) is 17.5. The number of carboxylic acid groups (broad SMARTS) is 1. The van der Waals surface area contributed by atoms with E-state index < -0.39 is 100 Å². The van der Waals surface area contributed by atoms with Gasteiger partial charge in [0, 0.05) is 5.92 Å². The number of esters is 1. The quantitative estimate of drug-likeness (QED) is 0.157. The zero-order valence-corrected chi connectivity index (χ0v) is 29.0. The molecule has 6 aliphatic rings. The lowest BCUT2D eigenvalue weighted by atomic mass is 9.33. The molecular formula is C36H56O12. The van der Waals surface area contributed by atoms with Crippen molar-refractivity contribution in [1.29, 1.82) is 0 Å². The summed E-state index contributed by atoms with van der Waals surface area (Å²) in [5.41, 5.74) is -4.57. The average molecular weight is 681 g/mol. The lowest BCUT2D eigenvalue weighted by Gasteiger charge is -2.71. The van der Waals surface area contributed by atoms with Crippen LogP contribution >= 0.6 is 0 Å². The number of aliphatic hydroxyl groups excluding tert-OH is 6. The van der Waals surface area contributed by atoms with E-state index in [2.05, 4.69) is 26.8 Å². The van der Waals surface area contributed by atoms with Crippen LogP contribution in [-0.4, -0.2) is 108 Å². The van der Waals surface area contributed by atoms with Gasteiger partial charge >= 0.3 is 11.9 Å². The third-order valence-electron chi connectivity index (χ3n) is 15.6. The summed E-state index contributed by atoms with van der Waals surface area (Å²) in [5, 5.41) is 85.9. The standard InChI is InChI=1S/C36H56O12/c1-17-9-12-36(30(45)48-28-25(41)24(40)23(39)20(16-37)47-28)14-13-32(3)18(26(36)35(17,6)46)7-8-21-31(2)15-19(38)27(42)34(5,29(43)44)22(31)10-11-33(21,32)4/h7,17,19-28,37-42,46H,8-16H2,1-6H3,(H,43,44)/t17-,19-,20-,21-,22+,23+,24+,25+,26+,27-,28+,31+,32+,33-,34-,35-,36+/m0/s1. The first kappa shape index (κ1) is 36.2. The molecule has 0 radical (unpaired) electrons. The normalized spacial score (nSPS) is 56.4. The van der Waals surface area contributed by atoms with Gasteiger partial charge in [0.15, 0.2) is 0 Å². The Kier molecular flexibility index (Phi) is 8.61. The van der Waals surface area contributed by atoms with Crippen molar-refractivity contribution in [2.24, 2.45) is 50.7 Å². The van der Waals surface area contributed by atoms with Crippen LogP contribution in [0, 0.1) is 50.7 Å². The highest BCUT2D eigenvalue weighted by Gasteiger charge is 2.73. The maximum absolute atomic E-state index is 14.5. The highest BCUT2D eigenvalue weighted by Crippen LogP contribution is 2.76. The average Bonchev–Trinajstić information content (AvgIpc) is 3.02. The van der Waals surface area contributed by atoms with Crippen LogP contribution in [-0.2, 0) is 19.1 Å². The van der Waals surface area contributed by atoms with Gasteiger partial charge in [-0.15, -0.1) is 0 Å². The summed E-state index contributed by atoms with van der Waals surface area (Å²) in [6.45, 7) is 11.2. The fraction of sp³-hybridized carbons (Fsp3) is 0.889. The maximum atomic E-state index is 14.5. The first-order valence-corrected chi connectivity index (χ1v) is 17.7. The highest BCUT2D eigenvalue weighted by molar-refractivity contribution is 5.79. The molecule has 1 saturated heterocycles. The van der Waals surface area contributed by atoms with Gasteiger partial charge in [-0.2, -0.15) is 0 Å². The first-order valence-electron chi connectivity index (χ1n) is 17.7. The molecular weight excluding hydrogens is 624 g/mol. The second kappa shape index (κ2) is 11.4. The van der Waals surface area contributed by atoms with Crippen LogP contribution in [0.25, 0.3) is 0 Å². The Morgan fingerprint density at radius 3 is 2.21 bits per heavy atom. The minimum Gasteiger partial charge on any atom is -0.481 e. The summed E-state index contributed by atoms with van der Waals surface area (Å²) in [6, 6.07) is 0. The Hall–Kier alpha value is -1.64. The zero-order valence-electron chi connectivity index (χ0n) is 29.0. The van der Waals surface area contributed by atoms with Gasteiger partial charge in [-0.1, -0.05) is 39.3 Å². The number of ether oxygens (including phenoxy) is 2. The number of carbonyl (C=O) groups is 2. The molecule has 48 heavy (non-hydrogen) atoms. The molecule has 5 aliphatic carbocycles. The molecule has 5 fully saturated rings. The third kappa shape index (κ3) is 4.49. The number of aliphatic carboxylic acids is 1. The van der Waals surface area contributed by atoms with Crippen LogP contribution in [0.3, 0.4) is 0 Å². The number of fused-ring (bicyclic) bond motifs is 7. The monoisotopic (exact) mass is 680 g/mol. The lowest BCUT2D eigenvalue weighted by molar-refractivity contribution is -0.299. The molecule has 0 aromatic heterocycles. The topological polar surface area (TPSA) is 214 Å². The predicted molar refractivity (Wildman–Crippen MR) is 170 cm³/mol. The lowest BCUT2D eigenvalue weighted by Crippen LogP contribution is -2.70. The minimum absolute atomic E-state index is 0.0437. The van der Waals surface area contributed by atoms with E-state index >= 15 is 0 Å². The van der Waals surface area contributed by atoms with Crippen LogP contribution in [0.2, 0.25) is 0 Å². The van der Waals surface area contributed by atoms with Gasteiger partial charge in [-0.3, -0.25) is 9.59 Å². The SMILES string of the molecule is C[C@H]1CC[C@@]2(C(=O)O[C@H]3O[C@@H](CO)[C@@H](O)[C@@H](O)[C@H]3O)CC[C@]3(C)C(=CC[C@H]4[C@@]5(C)C[C@H](O)[C@H](O)[C@@](C)(C(=O)O)[C@@H]5CC[C@@]43C)[C@@H]2[C@@]1(C)O. The van der Waals surface area contributed by atoms with Crippen molar-refractivity contribution in [3.8, 4) is 0 Å². The molecule has 17 atom stereocenters. The second-order valence-electron chi connectivity index (χ2n) is 17.5. The van der Waals surface area contributed by atoms with Gasteiger partial charge in [0.05, 0.1) is 35.2 Å². The van der Waals surface area contributed by atoms with Gasteiger partial charge in [-0.05, 0) is 99.2 Å². The van der Waals surface area contributed by atoms with Gasteiger partial charge in [0.2, 0.25) is 6.29 Å². The molecule has 0 aromatic carbocycles. The van der Waals surface area contributed by atoms with E-state index in [1.165, 1.54) is 0 Å². The summed E-state index contributed by atoms with van der Waals surface area (Å²) >= 11 is 0. The van der Waals surface area contributed by atoms with Gasteiger partial charge in [-0.25, -0.2) is 0 Å². The number of allylic oxidation sites excluding steroid dienone is 1. The number of carboxylic acids is 1. The smallest absolute Gasteiger partial charge is 0.315 e. The van der Waals surface area contributed by atoms with Crippen LogP contribution < -0.4 is 0 Å². The fourth-order valence-electron chi connectivity index (χ4n) is 12.3. The number of hydrogen-bond donors (Lipinski definition) is 8. The van der Waals surface area contributed by atoms with E-state index in [4.69, 9.17) is 9.47 Å². The molecule has 12 heteroatoms. The Bertz CT molecular complexity index is 1350. The summed E-state index contributed by atoms with van der Waals surface area (Å²) in [7, 11) is 0. The van der Waals surface area contributed by atoms with E-state index in [1.54, 1.807) is 13.8 Å². The summed E-state index contributed by atoms with van der Waals surface area (Å²) in [4.78, 5) is 27.2. The number of carbonyl (C=O) groups excluding carboxylic acids is 1. The third-order valence-corrected chi connectivity index (χ3v) is 15.6. The summed E-state index contributed by atoms with van der Waals surface area (Å²) in [6.07, 6.45) is -4.43. The molecule has 0 amide bonds. The zero-order chi connectivity index (χ0) is 35.6. The summed E-state index contributed by atoms with van der Waals surface area (Å²) in [5.74, 6) is -3.01. The Morgan fingerprint density at radius 2 is 1.58 bits per heavy atom. The molecule has 12 nitrogen and oxygen atoms in total. The van der Waals surface area contributed by atoms with E-state index in [0.717, 1.165) is 5.57 Å². The van der Waals surface area contributed by atoms with Crippen LogP contribution in [0.1, 0.15) is 92.9 Å². The molecule has 0 unspecified atom stereocenters. The van der Waals surface area contributed by atoms with Gasteiger partial charge in [0.25, 0.3) is 0 Å². The first-order chi connectivity index (χ1) is 22.2. The van der Waals surface area contributed by atoms with Gasteiger partial charge in [0.1, 0.15) is 24.4 Å². The highest BCUT2D eigenvalue weighted by atomic mass is 16.7. The molecule has 0 aromatic rings. The summed E-state index contributed by atoms with van der Waals surface area (Å²) < 4.78 is 11.4. The molecule has 0 bridgehead atoms. The van der Waals surface area contributed by atoms with Crippen molar-refractivity contribution in [1.82, 2.24) is 0 Å². The minimum atomic E-state index is -1.75. The molecule has 8 N–H and O–H groups in total. The van der Waals surface area contributed by atoms with Crippen LogP contribution in [0.5, 0.6) is 0 Å². The van der Waals surface area contributed by atoms with E-state index in [-0.39, 0.29) is 24.2 Å². The Morgan fingerprint density at radius 1 is 0.917 bits per heavy atom. The molecule has 272 valence electrons. The molecule has 4 saturated carbocycles. The Balaban J connectivity index is 1.41. The number of rotatable bonds is 4. The van der Waals surface area contributed by atoms with Crippen molar-refractivity contribution < 1.29 is 59.9 Å². The van der Waals surface area contributed by atoms with E-state index in [0.29, 0.717) is 44.9 Å². The maximum Gasteiger partial charge on any atom is 0.315 e. The largest absolute Gasteiger partial charge is 0.481 e. The van der Waals surface area contributed by atoms with E-state index in [1.807, 2.05) is 6.92 Å². The molecule has 6 rings (SSSR count).